The zero-order valence-electron chi connectivity index (χ0n) is 10.3. The molecule has 0 aliphatic carbocycles. The summed E-state index contributed by atoms with van der Waals surface area (Å²) >= 11 is 0. The van der Waals surface area contributed by atoms with E-state index < -0.39 is 11.5 Å². The molecule has 0 bridgehead atoms. The predicted molar refractivity (Wildman–Crippen MR) is 65.9 cm³/mol. The van der Waals surface area contributed by atoms with E-state index in [-0.39, 0.29) is 0 Å². The molecule has 1 unspecified atom stereocenters. The van der Waals surface area contributed by atoms with Gasteiger partial charge in [0.15, 0.2) is 0 Å². The predicted octanol–water partition coefficient (Wildman–Crippen LogP) is 1.61. The largest absolute Gasteiger partial charge is 0.480 e. The van der Waals surface area contributed by atoms with Crippen LogP contribution >= 0.6 is 0 Å². The van der Waals surface area contributed by atoms with Gasteiger partial charge in [0.2, 0.25) is 0 Å². The number of ether oxygens (including phenoxy) is 1. The monoisotopic (exact) mass is 237 g/mol. The smallest absolute Gasteiger partial charge is 0.328 e. The van der Waals surface area contributed by atoms with Crippen molar-refractivity contribution in [3.8, 4) is 0 Å². The van der Waals surface area contributed by atoms with Crippen LogP contribution in [0.3, 0.4) is 0 Å². The van der Waals surface area contributed by atoms with E-state index in [1.165, 1.54) is 0 Å². The fraction of sp³-hybridized carbons (Fsp3) is 0.462. The molecular weight excluding hydrogens is 218 g/mol. The minimum absolute atomic E-state index is 0.399. The zero-order chi connectivity index (χ0) is 12.7. The van der Waals surface area contributed by atoms with Crippen molar-refractivity contribution in [3.63, 3.8) is 0 Å². The Balaban J connectivity index is 2.97. The molecule has 4 heteroatoms. The van der Waals surface area contributed by atoms with Crippen molar-refractivity contribution in [1.82, 2.24) is 5.32 Å². The molecule has 0 spiro atoms. The number of carbonyl (C=O) groups is 1. The quantitative estimate of drug-likeness (QED) is 0.707. The summed E-state index contributed by atoms with van der Waals surface area (Å²) in [6.07, 6.45) is 0.399. The molecule has 0 saturated carbocycles. The summed E-state index contributed by atoms with van der Waals surface area (Å²) in [5.74, 6) is -0.883. The standard InChI is InChI=1S/C13H19NO3/c1-3-17-10-9-13(14-2,12(15)16)11-7-5-4-6-8-11/h4-8,14H,3,9-10H2,1-2H3,(H,15,16). The highest BCUT2D eigenvalue weighted by Gasteiger charge is 2.38. The third-order valence-electron chi connectivity index (χ3n) is 2.88. The number of aliphatic carboxylic acids is 1. The number of hydrogen-bond acceptors (Lipinski definition) is 3. The molecule has 0 heterocycles. The number of nitrogens with one attached hydrogen (secondary N) is 1. The van der Waals surface area contributed by atoms with Crippen molar-refractivity contribution in [3.05, 3.63) is 35.9 Å². The summed E-state index contributed by atoms with van der Waals surface area (Å²) in [4.78, 5) is 11.5. The van der Waals surface area contributed by atoms with Gasteiger partial charge in [-0.2, -0.15) is 0 Å². The number of likely N-dealkylation sites (N-methyl/N-ethyl adjacent to an activating group) is 1. The Morgan fingerprint density at radius 3 is 2.53 bits per heavy atom. The molecule has 0 aromatic heterocycles. The maximum atomic E-state index is 11.5. The van der Waals surface area contributed by atoms with E-state index >= 15 is 0 Å². The Hall–Kier alpha value is -1.39. The second-order valence-corrected chi connectivity index (χ2v) is 3.77. The molecule has 1 aromatic carbocycles. The lowest BCUT2D eigenvalue weighted by Gasteiger charge is -2.29. The van der Waals surface area contributed by atoms with Crippen molar-refractivity contribution in [2.45, 2.75) is 18.9 Å². The molecule has 1 rings (SSSR count). The summed E-state index contributed by atoms with van der Waals surface area (Å²) in [6.45, 7) is 2.90. The second-order valence-electron chi connectivity index (χ2n) is 3.77. The van der Waals surface area contributed by atoms with Crippen molar-refractivity contribution >= 4 is 5.97 Å². The van der Waals surface area contributed by atoms with E-state index in [1.54, 1.807) is 7.05 Å². The van der Waals surface area contributed by atoms with Crippen LogP contribution in [-0.4, -0.2) is 31.3 Å². The first-order chi connectivity index (χ1) is 8.17. The van der Waals surface area contributed by atoms with Crippen LogP contribution in [0.15, 0.2) is 30.3 Å². The van der Waals surface area contributed by atoms with Gasteiger partial charge in [-0.25, -0.2) is 4.79 Å². The average molecular weight is 237 g/mol. The van der Waals surface area contributed by atoms with E-state index in [4.69, 9.17) is 4.74 Å². The Bertz CT molecular complexity index is 353. The highest BCUT2D eigenvalue weighted by molar-refractivity contribution is 5.80. The van der Waals surface area contributed by atoms with Crippen LogP contribution < -0.4 is 5.32 Å². The van der Waals surface area contributed by atoms with Crippen LogP contribution in [-0.2, 0) is 15.1 Å². The lowest BCUT2D eigenvalue weighted by Crippen LogP contribution is -2.48. The van der Waals surface area contributed by atoms with Gasteiger partial charge in [0, 0.05) is 19.6 Å². The van der Waals surface area contributed by atoms with Crippen molar-refractivity contribution in [2.24, 2.45) is 0 Å². The van der Waals surface area contributed by atoms with E-state index in [2.05, 4.69) is 5.32 Å². The van der Waals surface area contributed by atoms with Crippen LogP contribution in [0.5, 0.6) is 0 Å². The van der Waals surface area contributed by atoms with Gasteiger partial charge in [-0.3, -0.25) is 0 Å². The summed E-state index contributed by atoms with van der Waals surface area (Å²) < 4.78 is 5.26. The summed E-state index contributed by atoms with van der Waals surface area (Å²) in [6, 6.07) is 9.18. The van der Waals surface area contributed by atoms with Crippen LogP contribution in [0.25, 0.3) is 0 Å². The van der Waals surface area contributed by atoms with E-state index in [1.807, 2.05) is 37.3 Å². The van der Waals surface area contributed by atoms with Crippen LogP contribution in [0.4, 0.5) is 0 Å². The van der Waals surface area contributed by atoms with E-state index in [0.717, 1.165) is 5.56 Å². The van der Waals surface area contributed by atoms with Gasteiger partial charge in [0.05, 0.1) is 0 Å². The Morgan fingerprint density at radius 1 is 1.41 bits per heavy atom. The first-order valence-corrected chi connectivity index (χ1v) is 5.73. The van der Waals surface area contributed by atoms with E-state index in [0.29, 0.717) is 19.6 Å². The molecule has 0 aliphatic heterocycles. The van der Waals surface area contributed by atoms with Gasteiger partial charge in [0.25, 0.3) is 0 Å². The molecule has 0 aliphatic rings. The minimum Gasteiger partial charge on any atom is -0.480 e. The second kappa shape index (κ2) is 6.37. The molecule has 1 atom stereocenters. The van der Waals surface area contributed by atoms with Crippen molar-refractivity contribution in [2.75, 3.05) is 20.3 Å². The van der Waals surface area contributed by atoms with Crippen LogP contribution in [0.1, 0.15) is 18.9 Å². The zero-order valence-corrected chi connectivity index (χ0v) is 10.3. The Kier molecular flexibility index (Phi) is 5.12. The van der Waals surface area contributed by atoms with Gasteiger partial charge < -0.3 is 15.2 Å². The maximum absolute atomic E-state index is 11.5. The fourth-order valence-corrected chi connectivity index (χ4v) is 1.84. The third kappa shape index (κ3) is 3.05. The molecule has 0 fully saturated rings. The number of carboxylic acids is 1. The molecule has 0 amide bonds. The number of rotatable bonds is 7. The summed E-state index contributed by atoms with van der Waals surface area (Å²) in [7, 11) is 1.66. The normalized spacial score (nSPS) is 14.2. The Labute approximate surface area is 102 Å². The van der Waals surface area contributed by atoms with E-state index in [9.17, 15) is 9.90 Å². The summed E-state index contributed by atoms with van der Waals surface area (Å²) in [5, 5.41) is 12.4. The van der Waals surface area contributed by atoms with Gasteiger partial charge in [0.1, 0.15) is 5.54 Å². The first kappa shape index (κ1) is 13.7. The minimum atomic E-state index is -1.07. The first-order valence-electron chi connectivity index (χ1n) is 5.73. The Morgan fingerprint density at radius 2 is 2.06 bits per heavy atom. The molecule has 1 aromatic rings. The topological polar surface area (TPSA) is 58.6 Å². The number of carboxylic acid groups (broad SMARTS) is 1. The molecule has 94 valence electrons. The molecular formula is C13H19NO3. The lowest BCUT2D eigenvalue weighted by molar-refractivity contribution is -0.146. The molecule has 0 radical (unpaired) electrons. The SMILES string of the molecule is CCOCCC(NC)(C(=O)O)c1ccccc1. The molecule has 0 saturated heterocycles. The van der Waals surface area contributed by atoms with Crippen LogP contribution in [0.2, 0.25) is 0 Å². The summed E-state index contributed by atoms with van der Waals surface area (Å²) in [5.41, 5.74) is -0.328. The highest BCUT2D eigenvalue weighted by atomic mass is 16.5. The van der Waals surface area contributed by atoms with Crippen molar-refractivity contribution in [1.29, 1.82) is 0 Å². The van der Waals surface area contributed by atoms with Crippen LogP contribution in [0, 0.1) is 0 Å². The molecule has 4 nitrogen and oxygen atoms in total. The van der Waals surface area contributed by atoms with Gasteiger partial charge in [-0.1, -0.05) is 30.3 Å². The lowest BCUT2D eigenvalue weighted by atomic mass is 9.87. The average Bonchev–Trinajstić information content (AvgIpc) is 2.36. The van der Waals surface area contributed by atoms with Gasteiger partial charge in [-0.05, 0) is 19.5 Å². The maximum Gasteiger partial charge on any atom is 0.328 e. The van der Waals surface area contributed by atoms with Gasteiger partial charge in [-0.15, -0.1) is 0 Å². The molecule has 17 heavy (non-hydrogen) atoms. The highest BCUT2D eigenvalue weighted by Crippen LogP contribution is 2.25. The fourth-order valence-electron chi connectivity index (χ4n) is 1.84. The third-order valence-corrected chi connectivity index (χ3v) is 2.88. The molecule has 2 N–H and O–H groups in total. The number of benzene rings is 1. The number of hydrogen-bond donors (Lipinski definition) is 2. The van der Waals surface area contributed by atoms with Gasteiger partial charge >= 0.3 is 5.97 Å². The van der Waals surface area contributed by atoms with Crippen molar-refractivity contribution < 1.29 is 14.6 Å².